The molecule has 0 spiro atoms. The number of hydrogen-bond donors (Lipinski definition) is 1. The van der Waals surface area contributed by atoms with Crippen molar-refractivity contribution in [2.75, 3.05) is 0 Å². The molecule has 21 heavy (non-hydrogen) atoms. The van der Waals surface area contributed by atoms with E-state index in [2.05, 4.69) is 20.8 Å². The van der Waals surface area contributed by atoms with Crippen molar-refractivity contribution >= 4 is 17.7 Å². The summed E-state index contributed by atoms with van der Waals surface area (Å²) in [6.07, 6.45) is 8.37. The van der Waals surface area contributed by atoms with Crippen molar-refractivity contribution in [3.63, 3.8) is 0 Å². The third-order valence-electron chi connectivity index (χ3n) is 4.24. The maximum Gasteiger partial charge on any atom is 0.233 e. The second-order valence-electron chi connectivity index (χ2n) is 6.07. The van der Waals surface area contributed by atoms with Crippen LogP contribution in [0.25, 0.3) is 0 Å². The van der Waals surface area contributed by atoms with Gasteiger partial charge in [-0.15, -0.1) is 16.9 Å². The Bertz CT molecular complexity index is 481. The Morgan fingerprint density at radius 3 is 2.81 bits per heavy atom. The van der Waals surface area contributed by atoms with E-state index in [1.807, 2.05) is 11.6 Å². The Morgan fingerprint density at radius 2 is 2.10 bits per heavy atom. The maximum atomic E-state index is 12.2. The predicted molar refractivity (Wildman–Crippen MR) is 81.9 cm³/mol. The van der Waals surface area contributed by atoms with E-state index in [0.717, 1.165) is 18.7 Å². The van der Waals surface area contributed by atoms with Crippen LogP contribution in [0.15, 0.2) is 0 Å². The monoisotopic (exact) mass is 309 g/mol. The van der Waals surface area contributed by atoms with Gasteiger partial charge in [0.25, 0.3) is 0 Å². The van der Waals surface area contributed by atoms with Crippen LogP contribution in [0.5, 0.6) is 0 Å². The molecule has 1 aromatic rings. The van der Waals surface area contributed by atoms with Crippen LogP contribution in [0.1, 0.15) is 63.7 Å². The van der Waals surface area contributed by atoms with Crippen LogP contribution in [0.2, 0.25) is 0 Å². The first-order chi connectivity index (χ1) is 10.2. The number of rotatable bonds is 6. The molecule has 1 unspecified atom stereocenters. The van der Waals surface area contributed by atoms with Gasteiger partial charge in [0.1, 0.15) is 0 Å². The number of thioether (sulfide) groups is 1. The predicted octanol–water partition coefficient (Wildman–Crippen LogP) is 2.08. The second-order valence-corrected chi connectivity index (χ2v) is 7.40. The van der Waals surface area contributed by atoms with Crippen molar-refractivity contribution in [1.82, 2.24) is 25.5 Å². The van der Waals surface area contributed by atoms with Gasteiger partial charge in [0.05, 0.1) is 17.0 Å². The fraction of sp³-hybridized carbons (Fsp3) is 0.857. The highest BCUT2D eigenvalue weighted by Gasteiger charge is 2.28. The average molecular weight is 309 g/mol. The second kappa shape index (κ2) is 6.77. The van der Waals surface area contributed by atoms with Crippen LogP contribution >= 0.6 is 11.8 Å². The van der Waals surface area contributed by atoms with Crippen molar-refractivity contribution in [2.24, 2.45) is 0 Å². The lowest BCUT2D eigenvalue weighted by Crippen LogP contribution is -2.40. The summed E-state index contributed by atoms with van der Waals surface area (Å²) in [5.74, 6) is 1.74. The van der Waals surface area contributed by atoms with E-state index in [-0.39, 0.29) is 11.2 Å². The molecular weight excluding hydrogens is 286 g/mol. The molecule has 0 saturated heterocycles. The summed E-state index contributed by atoms with van der Waals surface area (Å²) < 4.78 is 1.92. The fourth-order valence-electron chi connectivity index (χ4n) is 2.75. The molecule has 2 fully saturated rings. The van der Waals surface area contributed by atoms with Gasteiger partial charge in [-0.05, 0) is 43.0 Å². The Morgan fingerprint density at radius 1 is 1.33 bits per heavy atom. The topological polar surface area (TPSA) is 72.7 Å². The van der Waals surface area contributed by atoms with E-state index in [4.69, 9.17) is 0 Å². The molecule has 1 amide bonds. The van der Waals surface area contributed by atoms with Crippen molar-refractivity contribution in [3.8, 4) is 0 Å². The van der Waals surface area contributed by atoms with Crippen LogP contribution in [-0.2, 0) is 10.5 Å². The summed E-state index contributed by atoms with van der Waals surface area (Å²) in [5.41, 5.74) is 0. The zero-order valence-corrected chi connectivity index (χ0v) is 13.3. The Labute approximate surface area is 129 Å². The molecule has 1 atom stereocenters. The van der Waals surface area contributed by atoms with E-state index in [0.29, 0.717) is 17.8 Å². The van der Waals surface area contributed by atoms with Gasteiger partial charge < -0.3 is 5.32 Å². The van der Waals surface area contributed by atoms with Gasteiger partial charge in [0.15, 0.2) is 5.82 Å². The van der Waals surface area contributed by atoms with Gasteiger partial charge in [-0.3, -0.25) is 4.79 Å². The zero-order chi connectivity index (χ0) is 14.7. The number of carbonyl (C=O) groups excluding carboxylic acids is 1. The molecule has 1 N–H and O–H groups in total. The van der Waals surface area contributed by atoms with E-state index >= 15 is 0 Å². The molecule has 7 heteroatoms. The first kappa shape index (κ1) is 14.8. The number of hydrogen-bond acceptors (Lipinski definition) is 5. The Kier molecular flexibility index (Phi) is 4.77. The van der Waals surface area contributed by atoms with E-state index in [1.54, 1.807) is 11.8 Å². The summed E-state index contributed by atoms with van der Waals surface area (Å²) >= 11 is 1.61. The third-order valence-corrected chi connectivity index (χ3v) is 5.38. The number of tetrazole rings is 1. The SMILES string of the molecule is CC(SCc1nnnn1C1CC1)C(=O)NC1CCCCC1. The van der Waals surface area contributed by atoms with Crippen LogP contribution in [0.4, 0.5) is 0 Å². The molecule has 116 valence electrons. The van der Waals surface area contributed by atoms with Crippen LogP contribution in [0.3, 0.4) is 0 Å². The van der Waals surface area contributed by atoms with E-state index in [9.17, 15) is 4.79 Å². The zero-order valence-electron chi connectivity index (χ0n) is 12.5. The molecule has 1 aromatic heterocycles. The number of nitrogens with one attached hydrogen (secondary N) is 1. The van der Waals surface area contributed by atoms with Crippen molar-refractivity contribution < 1.29 is 4.79 Å². The first-order valence-electron chi connectivity index (χ1n) is 7.93. The molecule has 1 heterocycles. The lowest BCUT2D eigenvalue weighted by molar-refractivity contribution is -0.121. The number of amides is 1. The van der Waals surface area contributed by atoms with Crippen molar-refractivity contribution in [3.05, 3.63) is 5.82 Å². The minimum atomic E-state index is -0.0590. The number of nitrogens with zero attached hydrogens (tertiary/aromatic N) is 4. The van der Waals surface area contributed by atoms with Crippen LogP contribution < -0.4 is 5.32 Å². The van der Waals surface area contributed by atoms with Crippen molar-refractivity contribution in [1.29, 1.82) is 0 Å². The highest BCUT2D eigenvalue weighted by atomic mass is 32.2. The van der Waals surface area contributed by atoms with Gasteiger partial charge in [-0.1, -0.05) is 19.3 Å². The minimum absolute atomic E-state index is 0.0590. The van der Waals surface area contributed by atoms with Crippen molar-refractivity contribution in [2.45, 2.75) is 75.0 Å². The molecule has 2 aliphatic carbocycles. The van der Waals surface area contributed by atoms with Gasteiger partial charge in [0.2, 0.25) is 5.91 Å². The summed E-state index contributed by atoms with van der Waals surface area (Å²) in [5, 5.41) is 15.0. The lowest BCUT2D eigenvalue weighted by Gasteiger charge is -2.24. The van der Waals surface area contributed by atoms with Gasteiger partial charge in [-0.25, -0.2) is 4.68 Å². The van der Waals surface area contributed by atoms with Gasteiger partial charge >= 0.3 is 0 Å². The molecule has 0 radical (unpaired) electrons. The van der Waals surface area contributed by atoms with Crippen LogP contribution in [0, 0.1) is 0 Å². The van der Waals surface area contributed by atoms with Gasteiger partial charge in [-0.2, -0.15) is 0 Å². The quantitative estimate of drug-likeness (QED) is 0.871. The molecule has 0 aromatic carbocycles. The molecule has 2 aliphatic rings. The summed E-state index contributed by atoms with van der Waals surface area (Å²) in [6, 6.07) is 0.869. The van der Waals surface area contributed by atoms with E-state index in [1.165, 1.54) is 32.1 Å². The molecule has 0 aliphatic heterocycles. The van der Waals surface area contributed by atoms with E-state index < -0.39 is 0 Å². The fourth-order valence-corrected chi connectivity index (χ4v) is 3.56. The molecule has 6 nitrogen and oxygen atoms in total. The maximum absolute atomic E-state index is 12.2. The molecular formula is C14H23N5OS. The average Bonchev–Trinajstić information content (AvgIpc) is 3.24. The summed E-state index contributed by atoms with van der Waals surface area (Å²) in [6.45, 7) is 1.97. The summed E-state index contributed by atoms with van der Waals surface area (Å²) in [7, 11) is 0. The largest absolute Gasteiger partial charge is 0.352 e. The first-order valence-corrected chi connectivity index (χ1v) is 8.97. The highest BCUT2D eigenvalue weighted by Crippen LogP contribution is 2.35. The Balaban J connectivity index is 1.45. The van der Waals surface area contributed by atoms with Gasteiger partial charge in [0, 0.05) is 6.04 Å². The Hall–Kier alpha value is -1.11. The van der Waals surface area contributed by atoms with Crippen LogP contribution in [-0.4, -0.2) is 37.4 Å². The highest BCUT2D eigenvalue weighted by molar-refractivity contribution is 7.99. The molecule has 2 saturated carbocycles. The molecule has 3 rings (SSSR count). The summed E-state index contributed by atoms with van der Waals surface area (Å²) in [4.78, 5) is 12.2. The third kappa shape index (κ3) is 3.96. The lowest BCUT2D eigenvalue weighted by atomic mass is 9.95. The number of carbonyl (C=O) groups is 1. The smallest absolute Gasteiger partial charge is 0.233 e. The minimum Gasteiger partial charge on any atom is -0.352 e. The molecule has 0 bridgehead atoms. The normalized spacial score (nSPS) is 21.2. The number of aromatic nitrogens is 4. The standard InChI is InChI=1S/C14H23N5OS/c1-10(14(20)15-11-5-3-2-4-6-11)21-9-13-16-17-18-19(13)12-7-8-12/h10-12H,2-9H2,1H3,(H,15,20).